The van der Waals surface area contributed by atoms with Crippen molar-refractivity contribution in [3.63, 3.8) is 0 Å². The molecule has 1 saturated carbocycles. The van der Waals surface area contributed by atoms with Crippen molar-refractivity contribution < 1.29 is 47.4 Å². The molecule has 3 atom stereocenters. The number of rotatable bonds is 4. The predicted molar refractivity (Wildman–Crippen MR) is 96.4 cm³/mol. The second-order valence-electron chi connectivity index (χ2n) is 6.14. The van der Waals surface area contributed by atoms with E-state index in [1.165, 1.54) is 44.2 Å². The Labute approximate surface area is 184 Å². The first-order chi connectivity index (χ1) is 14.1. The molecular formula is C22H24O6W. The van der Waals surface area contributed by atoms with Gasteiger partial charge < -0.3 is 0 Å². The van der Waals surface area contributed by atoms with Gasteiger partial charge in [0, 0.05) is 0 Å². The van der Waals surface area contributed by atoms with Crippen LogP contribution in [0.4, 0.5) is 0 Å². The molecule has 7 heteroatoms. The van der Waals surface area contributed by atoms with Crippen LogP contribution in [-0.2, 0) is 47.4 Å². The standard InChI is InChI=1S/C17H24O.5CO.W/c1-13(2)16-10-9-14(3)11-17(16)18-12-15-7-5-4-6-8-15;5*1-2;/h4-8,13-14,16-17H,9-11H2,1-3H3;;;;;;/t14-,16+,17-;;;;;;/m1....../s1. The summed E-state index contributed by atoms with van der Waals surface area (Å²) in [5.74, 6) is 2.24. The molecule has 1 fully saturated rings. The average Bonchev–Trinajstić information content (AvgIpc) is 2.81. The molecule has 0 spiro atoms. The molecule has 0 aliphatic heterocycles. The molecule has 0 bridgehead atoms. The molecule has 0 radical (unpaired) electrons. The molecule has 1 aromatic rings. The van der Waals surface area contributed by atoms with E-state index in [-0.39, 0.29) is 0 Å². The van der Waals surface area contributed by atoms with E-state index in [0.717, 1.165) is 15.9 Å². The normalized spacial score (nSPS) is 18.3. The topological polar surface area (TPSA) is 109 Å². The zero-order chi connectivity index (χ0) is 23.8. The van der Waals surface area contributed by atoms with Crippen molar-refractivity contribution in [3.05, 3.63) is 69.1 Å². The molecule has 0 aromatic heterocycles. The minimum atomic E-state index is 0.413. The Kier molecular flexibility index (Phi) is 31.8. The van der Waals surface area contributed by atoms with Gasteiger partial charge in [0.2, 0.25) is 0 Å². The molecule has 0 unspecified atom stereocenters. The van der Waals surface area contributed by atoms with Crippen molar-refractivity contribution in [3.8, 4) is 0 Å². The van der Waals surface area contributed by atoms with E-state index in [1.807, 2.05) is 0 Å². The summed E-state index contributed by atoms with van der Waals surface area (Å²) < 4.78 is 45.0. The Morgan fingerprint density at radius 1 is 0.897 bits per heavy atom. The third-order valence-corrected chi connectivity index (χ3v) is 5.42. The van der Waals surface area contributed by atoms with Gasteiger partial charge in [0.25, 0.3) is 0 Å². The van der Waals surface area contributed by atoms with Crippen LogP contribution in [0, 0.1) is 51.0 Å². The van der Waals surface area contributed by atoms with Gasteiger partial charge in [-0.3, -0.25) is 0 Å². The van der Waals surface area contributed by atoms with Crippen molar-refractivity contribution in [2.45, 2.75) is 46.1 Å². The van der Waals surface area contributed by atoms with Gasteiger partial charge in [-0.15, -0.1) is 0 Å². The van der Waals surface area contributed by atoms with Crippen LogP contribution in [0.5, 0.6) is 0 Å². The summed E-state index contributed by atoms with van der Waals surface area (Å²) in [4.78, 5) is 0. The Balaban J connectivity index is -0.000000273. The van der Waals surface area contributed by atoms with Crippen molar-refractivity contribution in [1.82, 2.24) is 0 Å². The Bertz CT molecular complexity index is 581. The van der Waals surface area contributed by atoms with Gasteiger partial charge in [-0.05, 0) is 0 Å². The number of benzene rings is 1. The summed E-state index contributed by atoms with van der Waals surface area (Å²) in [7, 11) is 0. The van der Waals surface area contributed by atoms with Crippen molar-refractivity contribution in [2.24, 2.45) is 17.8 Å². The maximum absolute atomic E-state index is 7.50. The molecule has 29 heavy (non-hydrogen) atoms. The van der Waals surface area contributed by atoms with Crippen LogP contribution >= 0.6 is 0 Å². The fourth-order valence-electron chi connectivity index (χ4n) is 3.03. The van der Waals surface area contributed by atoms with Gasteiger partial charge in [0.1, 0.15) is 0 Å². The summed E-state index contributed by atoms with van der Waals surface area (Å²) in [6.45, 7) is 29.5. The molecular weight excluding hydrogens is 544 g/mol. The summed E-state index contributed by atoms with van der Waals surface area (Å²) >= 11 is 1.43. The fourth-order valence-corrected chi connectivity index (χ4v) is 3.96. The van der Waals surface area contributed by atoms with E-state index in [0.29, 0.717) is 12.0 Å². The van der Waals surface area contributed by atoms with Gasteiger partial charge in [-0.1, -0.05) is 0 Å². The molecule has 1 aliphatic rings. The molecule has 0 N–H and O–H groups in total. The monoisotopic (exact) mass is 568 g/mol. The van der Waals surface area contributed by atoms with Gasteiger partial charge in [-0.25, -0.2) is 0 Å². The zero-order valence-electron chi connectivity index (χ0n) is 16.7. The quantitative estimate of drug-likeness (QED) is 0.398. The Morgan fingerprint density at radius 3 is 1.76 bits per heavy atom. The molecule has 0 amide bonds. The Morgan fingerprint density at radius 2 is 1.34 bits per heavy atom. The van der Waals surface area contributed by atoms with Crippen molar-refractivity contribution >= 4 is 4.08 Å². The van der Waals surface area contributed by atoms with Crippen LogP contribution in [0.1, 0.15) is 45.6 Å². The van der Waals surface area contributed by atoms with E-state index in [1.54, 1.807) is 0 Å². The average molecular weight is 568 g/mol. The molecule has 0 heterocycles. The van der Waals surface area contributed by atoms with E-state index < -0.39 is 0 Å². The van der Waals surface area contributed by atoms with E-state index in [9.17, 15) is 0 Å². The second-order valence-corrected chi connectivity index (χ2v) is 7.47. The van der Waals surface area contributed by atoms with E-state index >= 15 is 0 Å². The summed E-state index contributed by atoms with van der Waals surface area (Å²) in [6, 6.07) is 10.5. The van der Waals surface area contributed by atoms with Crippen LogP contribution < -0.4 is 0 Å². The van der Waals surface area contributed by atoms with Gasteiger partial charge in [0.05, 0.1) is 0 Å². The van der Waals surface area contributed by atoms with Crippen LogP contribution in [0.25, 0.3) is 0 Å². The number of hydrogen-bond acceptors (Lipinski definition) is 1. The summed E-state index contributed by atoms with van der Waals surface area (Å²) in [5, 5.41) is 0. The van der Waals surface area contributed by atoms with Gasteiger partial charge in [-0.2, -0.15) is 0 Å². The maximum atomic E-state index is 7.50. The SMILES string of the molecule is CC(C)[C@@H]1CC[C@@H](C)C[C@H]1O[C](=[W])c1ccccc1.[C-]#[O+].[C-]#[O+].[C-]#[O+].[C-]#[O+].[C-]#[O+]. The van der Waals surface area contributed by atoms with Crippen LogP contribution in [-0.4, -0.2) is 10.2 Å². The predicted octanol–water partition coefficient (Wildman–Crippen LogP) is 4.00. The van der Waals surface area contributed by atoms with Crippen molar-refractivity contribution in [2.75, 3.05) is 0 Å². The first-order valence-electron chi connectivity index (χ1n) is 8.36. The Hall–Kier alpha value is -1.56. The summed E-state index contributed by atoms with van der Waals surface area (Å²) in [6.07, 6.45) is 4.31. The fraction of sp³-hybridized carbons (Fsp3) is 0.455. The van der Waals surface area contributed by atoms with Crippen LogP contribution in [0.15, 0.2) is 30.3 Å². The molecule has 154 valence electrons. The van der Waals surface area contributed by atoms with E-state index in [4.69, 9.17) is 28.0 Å². The third kappa shape index (κ3) is 16.0. The molecule has 0 saturated heterocycles. The first-order valence-corrected chi connectivity index (χ1v) is 9.82. The molecule has 2 rings (SSSR count). The number of ether oxygens (including phenoxy) is 1. The zero-order valence-corrected chi connectivity index (χ0v) is 19.6. The third-order valence-electron chi connectivity index (χ3n) is 4.23. The molecule has 1 aromatic carbocycles. The summed E-state index contributed by atoms with van der Waals surface area (Å²) in [5.41, 5.74) is 1.25. The van der Waals surface area contributed by atoms with E-state index in [2.05, 4.69) is 84.4 Å². The minimum absolute atomic E-state index is 0.413. The van der Waals surface area contributed by atoms with Gasteiger partial charge in [0.15, 0.2) is 0 Å². The number of hydrogen-bond donors (Lipinski definition) is 0. The van der Waals surface area contributed by atoms with Crippen LogP contribution in [0.2, 0.25) is 0 Å². The molecule has 6 nitrogen and oxygen atoms in total. The van der Waals surface area contributed by atoms with Crippen LogP contribution in [0.3, 0.4) is 0 Å². The molecule has 1 aliphatic carbocycles. The second kappa shape index (κ2) is 26.4. The first kappa shape index (κ1) is 34.9. The van der Waals surface area contributed by atoms with Gasteiger partial charge >= 0.3 is 184 Å². The van der Waals surface area contributed by atoms with Crippen molar-refractivity contribution in [1.29, 1.82) is 0 Å².